The third kappa shape index (κ3) is 2.56. The smallest absolute Gasteiger partial charge is 0.341 e. The van der Waals surface area contributed by atoms with Gasteiger partial charge in [0, 0.05) is 5.56 Å². The summed E-state index contributed by atoms with van der Waals surface area (Å²) in [7, 11) is 0. The number of nitrogens with zero attached hydrogens (tertiary/aromatic N) is 3. The van der Waals surface area contributed by atoms with Crippen molar-refractivity contribution >= 4 is 6.29 Å². The molecule has 0 radical (unpaired) electrons. The summed E-state index contributed by atoms with van der Waals surface area (Å²) < 4.78 is 7.16. The first-order valence-electron chi connectivity index (χ1n) is 6.05. The lowest BCUT2D eigenvalue weighted by molar-refractivity contribution is 0.112. The Morgan fingerprint density at radius 1 is 1.00 bits per heavy atom. The summed E-state index contributed by atoms with van der Waals surface area (Å²) in [5, 5.41) is 4.23. The Hall–Kier alpha value is -2.95. The zero-order valence-electron chi connectivity index (χ0n) is 10.5. The van der Waals surface area contributed by atoms with Crippen LogP contribution in [0.25, 0.3) is 5.69 Å². The van der Waals surface area contributed by atoms with Crippen LogP contribution in [0.1, 0.15) is 10.4 Å². The summed E-state index contributed by atoms with van der Waals surface area (Å²) in [5.41, 5.74) is 1.51. The van der Waals surface area contributed by atoms with Crippen molar-refractivity contribution in [3.63, 3.8) is 0 Å². The van der Waals surface area contributed by atoms with Gasteiger partial charge >= 0.3 is 6.01 Å². The number of para-hydroxylation sites is 1. The number of ether oxygens (including phenoxy) is 1. The van der Waals surface area contributed by atoms with E-state index in [1.165, 1.54) is 0 Å². The van der Waals surface area contributed by atoms with E-state index in [-0.39, 0.29) is 6.01 Å². The van der Waals surface area contributed by atoms with E-state index in [4.69, 9.17) is 4.74 Å². The van der Waals surface area contributed by atoms with E-state index in [0.29, 0.717) is 11.3 Å². The molecule has 0 unspecified atom stereocenters. The number of carbonyl (C=O) groups is 1. The third-order valence-electron chi connectivity index (χ3n) is 2.72. The van der Waals surface area contributed by atoms with E-state index in [1.807, 2.05) is 30.3 Å². The highest BCUT2D eigenvalue weighted by atomic mass is 16.5. The minimum atomic E-state index is 0.257. The molecule has 3 aromatic rings. The zero-order chi connectivity index (χ0) is 13.8. The summed E-state index contributed by atoms with van der Waals surface area (Å²) in [6.45, 7) is 0. The molecule has 0 saturated carbocycles. The van der Waals surface area contributed by atoms with Crippen LogP contribution in [0, 0.1) is 0 Å². The van der Waals surface area contributed by atoms with E-state index in [2.05, 4.69) is 10.1 Å². The van der Waals surface area contributed by atoms with Gasteiger partial charge in [-0.15, -0.1) is 5.10 Å². The largest absolute Gasteiger partial charge is 0.423 e. The van der Waals surface area contributed by atoms with Crippen molar-refractivity contribution in [3.8, 4) is 17.4 Å². The fourth-order valence-electron chi connectivity index (χ4n) is 1.72. The standard InChI is InChI=1S/C15H11N3O2/c19-10-12-6-8-14(9-7-12)20-15-16-11-18(17-15)13-4-2-1-3-5-13/h1-11H. The Kier molecular flexibility index (Phi) is 3.24. The highest BCUT2D eigenvalue weighted by molar-refractivity contribution is 5.74. The SMILES string of the molecule is O=Cc1ccc(Oc2ncn(-c3ccccc3)n2)cc1. The topological polar surface area (TPSA) is 57.0 Å². The summed E-state index contributed by atoms with van der Waals surface area (Å²) in [6.07, 6.45) is 2.37. The van der Waals surface area contributed by atoms with Gasteiger partial charge < -0.3 is 4.74 Å². The molecule has 0 bridgehead atoms. The molecule has 2 aromatic carbocycles. The van der Waals surface area contributed by atoms with Gasteiger partial charge in [0.15, 0.2) is 0 Å². The van der Waals surface area contributed by atoms with Gasteiger partial charge in [-0.1, -0.05) is 18.2 Å². The van der Waals surface area contributed by atoms with Gasteiger partial charge in [0.05, 0.1) is 5.69 Å². The number of aromatic nitrogens is 3. The Labute approximate surface area is 115 Å². The predicted octanol–water partition coefficient (Wildman–Crippen LogP) is 2.87. The summed E-state index contributed by atoms with van der Waals surface area (Å²) >= 11 is 0. The maximum absolute atomic E-state index is 10.6. The molecule has 0 fully saturated rings. The quantitative estimate of drug-likeness (QED) is 0.681. The van der Waals surface area contributed by atoms with E-state index >= 15 is 0 Å². The molecule has 1 aromatic heterocycles. The van der Waals surface area contributed by atoms with Crippen molar-refractivity contribution < 1.29 is 9.53 Å². The summed E-state index contributed by atoms with van der Waals surface area (Å²) in [6, 6.07) is 16.7. The van der Waals surface area contributed by atoms with Crippen molar-refractivity contribution in [1.82, 2.24) is 14.8 Å². The first kappa shape index (κ1) is 12.1. The van der Waals surface area contributed by atoms with Crippen LogP contribution in [-0.4, -0.2) is 21.1 Å². The van der Waals surface area contributed by atoms with Crippen LogP contribution in [0.5, 0.6) is 11.8 Å². The van der Waals surface area contributed by atoms with E-state index < -0.39 is 0 Å². The van der Waals surface area contributed by atoms with Gasteiger partial charge in [-0.25, -0.2) is 4.68 Å². The molecule has 5 heteroatoms. The average molecular weight is 265 g/mol. The van der Waals surface area contributed by atoms with Crippen LogP contribution in [0.4, 0.5) is 0 Å². The van der Waals surface area contributed by atoms with Crippen LogP contribution in [0.15, 0.2) is 60.9 Å². The van der Waals surface area contributed by atoms with Crippen molar-refractivity contribution in [1.29, 1.82) is 0 Å². The second-order valence-electron chi connectivity index (χ2n) is 4.10. The minimum Gasteiger partial charge on any atom is -0.423 e. The van der Waals surface area contributed by atoms with Crippen LogP contribution >= 0.6 is 0 Å². The van der Waals surface area contributed by atoms with Crippen molar-refractivity contribution in [2.24, 2.45) is 0 Å². The zero-order valence-corrected chi connectivity index (χ0v) is 10.5. The molecule has 0 N–H and O–H groups in total. The van der Waals surface area contributed by atoms with E-state index in [1.54, 1.807) is 35.3 Å². The second-order valence-corrected chi connectivity index (χ2v) is 4.10. The maximum Gasteiger partial charge on any atom is 0.341 e. The molecule has 0 amide bonds. The van der Waals surface area contributed by atoms with Crippen LogP contribution in [-0.2, 0) is 0 Å². The molecule has 0 aliphatic carbocycles. The minimum absolute atomic E-state index is 0.257. The number of rotatable bonds is 4. The Morgan fingerprint density at radius 3 is 2.45 bits per heavy atom. The molecule has 0 saturated heterocycles. The van der Waals surface area contributed by atoms with Gasteiger partial charge in [0.2, 0.25) is 0 Å². The lowest BCUT2D eigenvalue weighted by Gasteiger charge is -2.01. The van der Waals surface area contributed by atoms with Gasteiger partial charge in [-0.2, -0.15) is 4.98 Å². The first-order chi connectivity index (χ1) is 9.85. The highest BCUT2D eigenvalue weighted by Gasteiger charge is 2.04. The Morgan fingerprint density at radius 2 is 1.75 bits per heavy atom. The number of hydrogen-bond acceptors (Lipinski definition) is 4. The maximum atomic E-state index is 10.6. The molecule has 0 aliphatic rings. The van der Waals surface area contributed by atoms with Crippen molar-refractivity contribution in [2.45, 2.75) is 0 Å². The summed E-state index contributed by atoms with van der Waals surface area (Å²) in [4.78, 5) is 14.7. The molecule has 20 heavy (non-hydrogen) atoms. The average Bonchev–Trinajstić information content (AvgIpc) is 2.97. The highest BCUT2D eigenvalue weighted by Crippen LogP contribution is 2.18. The van der Waals surface area contributed by atoms with Gasteiger partial charge in [0.1, 0.15) is 18.4 Å². The number of hydrogen-bond donors (Lipinski definition) is 0. The number of carbonyl (C=O) groups excluding carboxylic acids is 1. The second kappa shape index (κ2) is 5.36. The monoisotopic (exact) mass is 265 g/mol. The molecule has 0 spiro atoms. The fourth-order valence-corrected chi connectivity index (χ4v) is 1.72. The van der Waals surface area contributed by atoms with Crippen LogP contribution in [0.3, 0.4) is 0 Å². The fraction of sp³-hybridized carbons (Fsp3) is 0. The van der Waals surface area contributed by atoms with Gasteiger partial charge in [-0.3, -0.25) is 4.79 Å². The van der Waals surface area contributed by atoms with Gasteiger partial charge in [0.25, 0.3) is 0 Å². The summed E-state index contributed by atoms with van der Waals surface area (Å²) in [5.74, 6) is 0.585. The molecular formula is C15H11N3O2. The molecule has 3 rings (SSSR count). The Balaban J connectivity index is 1.78. The van der Waals surface area contributed by atoms with Gasteiger partial charge in [-0.05, 0) is 36.4 Å². The molecular weight excluding hydrogens is 254 g/mol. The lowest BCUT2D eigenvalue weighted by atomic mass is 10.2. The molecule has 0 aliphatic heterocycles. The number of aldehydes is 1. The predicted molar refractivity (Wildman–Crippen MR) is 73.3 cm³/mol. The lowest BCUT2D eigenvalue weighted by Crippen LogP contribution is -1.94. The molecule has 98 valence electrons. The van der Waals surface area contributed by atoms with Crippen LogP contribution in [0.2, 0.25) is 0 Å². The first-order valence-corrected chi connectivity index (χ1v) is 6.05. The molecule has 1 heterocycles. The third-order valence-corrected chi connectivity index (χ3v) is 2.72. The molecule has 5 nitrogen and oxygen atoms in total. The number of benzene rings is 2. The Bertz CT molecular complexity index is 705. The normalized spacial score (nSPS) is 10.2. The van der Waals surface area contributed by atoms with Crippen LogP contribution < -0.4 is 4.74 Å². The van der Waals surface area contributed by atoms with Crippen molar-refractivity contribution in [3.05, 3.63) is 66.5 Å². The van der Waals surface area contributed by atoms with E-state index in [0.717, 1.165) is 12.0 Å². The van der Waals surface area contributed by atoms with E-state index in [9.17, 15) is 4.79 Å². The van der Waals surface area contributed by atoms with Crippen molar-refractivity contribution in [2.75, 3.05) is 0 Å². The molecule has 0 atom stereocenters.